The fourth-order valence-electron chi connectivity index (χ4n) is 0.776. The summed E-state index contributed by atoms with van der Waals surface area (Å²) in [6, 6.07) is -0.938. The number of nitrogens with one attached hydrogen (secondary N) is 1. The predicted octanol–water partition coefficient (Wildman–Crippen LogP) is -0.169. The molecule has 0 spiro atoms. The summed E-state index contributed by atoms with van der Waals surface area (Å²) in [5, 5.41) is 18.9. The zero-order valence-electron chi connectivity index (χ0n) is 7.82. The van der Waals surface area contributed by atoms with Crippen molar-refractivity contribution in [3.8, 4) is 0 Å². The molecule has 1 amide bonds. The van der Waals surface area contributed by atoms with E-state index in [1.54, 1.807) is 0 Å². The Morgan fingerprint density at radius 1 is 1.21 bits per heavy atom. The van der Waals surface area contributed by atoms with Crippen LogP contribution in [0.1, 0.15) is 26.2 Å². The highest BCUT2D eigenvalue weighted by molar-refractivity contribution is 5.83. The maximum atomic E-state index is 11.0. The Hall–Kier alpha value is -1.59. The number of amides is 1. The van der Waals surface area contributed by atoms with E-state index >= 15 is 0 Å². The van der Waals surface area contributed by atoms with Gasteiger partial charge in [0, 0.05) is 12.8 Å². The van der Waals surface area contributed by atoms with Crippen LogP contribution in [0.4, 0.5) is 0 Å². The topological polar surface area (TPSA) is 104 Å². The van der Waals surface area contributed by atoms with Gasteiger partial charge in [-0.3, -0.25) is 14.4 Å². The van der Waals surface area contributed by atoms with Crippen molar-refractivity contribution in [2.24, 2.45) is 0 Å². The lowest BCUT2D eigenvalue weighted by molar-refractivity contribution is -0.141. The van der Waals surface area contributed by atoms with Crippen molar-refractivity contribution in [1.82, 2.24) is 5.32 Å². The summed E-state index contributed by atoms with van der Waals surface area (Å²) in [5.74, 6) is -2.53. The molecule has 6 nitrogen and oxygen atoms in total. The fraction of sp³-hybridized carbons (Fsp3) is 0.625. The largest absolute Gasteiger partial charge is 0.481 e. The van der Waals surface area contributed by atoms with E-state index in [4.69, 9.17) is 10.2 Å². The van der Waals surface area contributed by atoms with Crippen LogP contribution in [0.2, 0.25) is 0 Å². The number of hydrogen-bond acceptors (Lipinski definition) is 3. The first-order chi connectivity index (χ1) is 6.43. The van der Waals surface area contributed by atoms with Crippen LogP contribution in [0.15, 0.2) is 0 Å². The summed E-state index contributed by atoms with van der Waals surface area (Å²) < 4.78 is 0. The number of hydrogen-bond donors (Lipinski definition) is 3. The summed E-state index contributed by atoms with van der Waals surface area (Å²) >= 11 is 0. The summed E-state index contributed by atoms with van der Waals surface area (Å²) in [7, 11) is 0. The third-order valence-electron chi connectivity index (χ3n) is 1.54. The monoisotopic (exact) mass is 203 g/mol. The highest BCUT2D eigenvalue weighted by atomic mass is 16.4. The van der Waals surface area contributed by atoms with E-state index in [1.165, 1.54) is 6.92 Å². The van der Waals surface area contributed by atoms with Gasteiger partial charge in [0.25, 0.3) is 0 Å². The van der Waals surface area contributed by atoms with Crippen LogP contribution in [0.5, 0.6) is 0 Å². The van der Waals surface area contributed by atoms with E-state index < -0.39 is 23.9 Å². The molecule has 80 valence electrons. The van der Waals surface area contributed by atoms with Crippen LogP contribution in [0.25, 0.3) is 0 Å². The summed E-state index contributed by atoms with van der Waals surface area (Å²) in [6.45, 7) is 1.34. The average molecular weight is 203 g/mol. The highest BCUT2D eigenvalue weighted by Gasteiger charge is 2.13. The van der Waals surface area contributed by atoms with Crippen LogP contribution >= 0.6 is 0 Å². The SMILES string of the molecule is C[C@H](NC(=O)CCCC(=O)O)C(=O)O. The fourth-order valence-corrected chi connectivity index (χ4v) is 0.776. The normalized spacial score (nSPS) is 11.8. The van der Waals surface area contributed by atoms with E-state index in [0.29, 0.717) is 0 Å². The zero-order chi connectivity index (χ0) is 11.1. The van der Waals surface area contributed by atoms with Crippen LogP contribution < -0.4 is 5.32 Å². The first-order valence-corrected chi connectivity index (χ1v) is 4.17. The quantitative estimate of drug-likeness (QED) is 0.556. The minimum Gasteiger partial charge on any atom is -0.481 e. The van der Waals surface area contributed by atoms with Crippen molar-refractivity contribution < 1.29 is 24.6 Å². The molecule has 3 N–H and O–H groups in total. The van der Waals surface area contributed by atoms with Gasteiger partial charge in [0.05, 0.1) is 0 Å². The molecule has 14 heavy (non-hydrogen) atoms. The van der Waals surface area contributed by atoms with Gasteiger partial charge in [0.15, 0.2) is 0 Å². The van der Waals surface area contributed by atoms with E-state index in [-0.39, 0.29) is 19.3 Å². The molecule has 0 saturated carbocycles. The molecular formula is C8H13NO5. The molecule has 6 heteroatoms. The van der Waals surface area contributed by atoms with Crippen LogP contribution in [0.3, 0.4) is 0 Å². The average Bonchev–Trinajstić information content (AvgIpc) is 2.02. The summed E-state index contributed by atoms with van der Waals surface area (Å²) in [5.41, 5.74) is 0. The molecule has 0 heterocycles. The third-order valence-corrected chi connectivity index (χ3v) is 1.54. The van der Waals surface area contributed by atoms with Gasteiger partial charge in [0.2, 0.25) is 5.91 Å². The Morgan fingerprint density at radius 3 is 2.21 bits per heavy atom. The second-order valence-corrected chi connectivity index (χ2v) is 2.87. The Labute approximate surface area is 80.9 Å². The van der Waals surface area contributed by atoms with Gasteiger partial charge >= 0.3 is 11.9 Å². The smallest absolute Gasteiger partial charge is 0.325 e. The molecule has 0 aromatic rings. The van der Waals surface area contributed by atoms with Gasteiger partial charge in [-0.1, -0.05) is 0 Å². The van der Waals surface area contributed by atoms with E-state index in [9.17, 15) is 14.4 Å². The molecule has 0 radical (unpaired) electrons. The van der Waals surface area contributed by atoms with E-state index in [2.05, 4.69) is 5.32 Å². The number of carbonyl (C=O) groups excluding carboxylic acids is 1. The van der Waals surface area contributed by atoms with Gasteiger partial charge in [-0.05, 0) is 13.3 Å². The highest BCUT2D eigenvalue weighted by Crippen LogP contribution is 1.95. The van der Waals surface area contributed by atoms with Gasteiger partial charge in [-0.15, -0.1) is 0 Å². The molecule has 0 aromatic carbocycles. The Balaban J connectivity index is 3.65. The zero-order valence-corrected chi connectivity index (χ0v) is 7.82. The van der Waals surface area contributed by atoms with Gasteiger partial charge in [-0.25, -0.2) is 0 Å². The molecule has 0 aliphatic carbocycles. The standard InChI is InChI=1S/C8H13NO5/c1-5(8(13)14)9-6(10)3-2-4-7(11)12/h5H,2-4H2,1H3,(H,9,10)(H,11,12)(H,13,14)/t5-/m0/s1. The van der Waals surface area contributed by atoms with E-state index in [1.807, 2.05) is 0 Å². The van der Waals surface area contributed by atoms with Crippen molar-refractivity contribution in [3.05, 3.63) is 0 Å². The lowest BCUT2D eigenvalue weighted by Gasteiger charge is -2.08. The molecule has 0 bridgehead atoms. The van der Waals surface area contributed by atoms with Crippen molar-refractivity contribution >= 4 is 17.8 Å². The van der Waals surface area contributed by atoms with Gasteiger partial charge < -0.3 is 15.5 Å². The van der Waals surface area contributed by atoms with Crippen LogP contribution in [-0.2, 0) is 14.4 Å². The molecule has 0 unspecified atom stereocenters. The second kappa shape index (κ2) is 5.95. The number of carboxylic acid groups (broad SMARTS) is 2. The number of carboxylic acids is 2. The second-order valence-electron chi connectivity index (χ2n) is 2.87. The molecule has 0 aliphatic rings. The van der Waals surface area contributed by atoms with Gasteiger partial charge in [0.1, 0.15) is 6.04 Å². The number of carbonyl (C=O) groups is 3. The minimum atomic E-state index is -1.11. The summed E-state index contributed by atoms with van der Waals surface area (Å²) in [6.07, 6.45) is 0.159. The van der Waals surface area contributed by atoms with Crippen LogP contribution in [-0.4, -0.2) is 34.1 Å². The Bertz CT molecular complexity index is 238. The number of rotatable bonds is 6. The molecule has 0 aliphatic heterocycles. The van der Waals surface area contributed by atoms with Crippen molar-refractivity contribution in [2.45, 2.75) is 32.2 Å². The maximum Gasteiger partial charge on any atom is 0.325 e. The first kappa shape index (κ1) is 12.4. The molecule has 0 fully saturated rings. The first-order valence-electron chi connectivity index (χ1n) is 4.17. The molecule has 0 saturated heterocycles. The Kier molecular flexibility index (Phi) is 5.28. The Morgan fingerprint density at radius 2 is 1.79 bits per heavy atom. The van der Waals surface area contributed by atoms with Crippen molar-refractivity contribution in [1.29, 1.82) is 0 Å². The van der Waals surface area contributed by atoms with Gasteiger partial charge in [-0.2, -0.15) is 0 Å². The van der Waals surface area contributed by atoms with Crippen molar-refractivity contribution in [2.75, 3.05) is 0 Å². The third kappa shape index (κ3) is 5.99. The lowest BCUT2D eigenvalue weighted by Crippen LogP contribution is -2.38. The van der Waals surface area contributed by atoms with E-state index in [0.717, 1.165) is 0 Å². The summed E-state index contributed by atoms with van der Waals surface area (Å²) in [4.78, 5) is 31.4. The number of aliphatic carboxylic acids is 2. The lowest BCUT2D eigenvalue weighted by atomic mass is 10.2. The molecule has 1 atom stereocenters. The minimum absolute atomic E-state index is 0.0317. The predicted molar refractivity (Wildman–Crippen MR) is 46.7 cm³/mol. The maximum absolute atomic E-state index is 11.0. The van der Waals surface area contributed by atoms with Crippen LogP contribution in [0, 0.1) is 0 Å². The van der Waals surface area contributed by atoms with Crippen molar-refractivity contribution in [3.63, 3.8) is 0 Å². The molecular weight excluding hydrogens is 190 g/mol. The molecule has 0 rings (SSSR count). The molecule has 0 aromatic heterocycles.